The summed E-state index contributed by atoms with van der Waals surface area (Å²) < 4.78 is 1.83. The first-order valence-electron chi connectivity index (χ1n) is 9.31. The fourth-order valence-electron chi connectivity index (χ4n) is 3.50. The smallest absolute Gasteiger partial charge is 0.250 e. The van der Waals surface area contributed by atoms with Crippen LogP contribution in [0.25, 0.3) is 0 Å². The monoisotopic (exact) mass is 355 g/mol. The lowest BCUT2D eigenvalue weighted by atomic mass is 10.2. The summed E-state index contributed by atoms with van der Waals surface area (Å²) in [6.07, 6.45) is 2.35. The lowest BCUT2D eigenvalue weighted by Gasteiger charge is -2.30. The molecule has 1 fully saturated rings. The number of nitrogens with zero attached hydrogens (tertiary/aromatic N) is 6. The van der Waals surface area contributed by atoms with Crippen LogP contribution < -0.4 is 20.7 Å². The minimum absolute atomic E-state index is 0.0534. The quantitative estimate of drug-likeness (QED) is 0.890. The topological polar surface area (TPSA) is 79.2 Å². The highest BCUT2D eigenvalue weighted by Crippen LogP contribution is 2.23. The Morgan fingerprint density at radius 3 is 2.42 bits per heavy atom. The minimum Gasteiger partial charge on any atom is -0.352 e. The molecule has 0 bridgehead atoms. The van der Waals surface area contributed by atoms with Crippen LogP contribution in [0.5, 0.6) is 0 Å². The van der Waals surface area contributed by atoms with Gasteiger partial charge in [0.1, 0.15) is 0 Å². The predicted molar refractivity (Wildman–Crippen MR) is 102 cm³/mol. The van der Waals surface area contributed by atoms with E-state index in [0.29, 0.717) is 31.5 Å². The van der Waals surface area contributed by atoms with Crippen LogP contribution in [-0.4, -0.2) is 45.2 Å². The number of aromatic nitrogens is 4. The van der Waals surface area contributed by atoms with Gasteiger partial charge in [-0.15, -0.1) is 0 Å². The van der Waals surface area contributed by atoms with Crippen molar-refractivity contribution in [1.82, 2.24) is 19.5 Å². The van der Waals surface area contributed by atoms with Gasteiger partial charge in [0.05, 0.1) is 6.54 Å². The summed E-state index contributed by atoms with van der Waals surface area (Å²) in [5, 5.41) is 3.31. The predicted octanol–water partition coefficient (Wildman–Crippen LogP) is 1.47. The van der Waals surface area contributed by atoms with Crippen LogP contribution in [0.4, 0.5) is 17.8 Å². The zero-order valence-electron chi connectivity index (χ0n) is 15.4. The van der Waals surface area contributed by atoms with Gasteiger partial charge in [-0.2, -0.15) is 15.0 Å². The van der Waals surface area contributed by atoms with Gasteiger partial charge in [-0.05, 0) is 32.8 Å². The summed E-state index contributed by atoms with van der Waals surface area (Å²) >= 11 is 0. The van der Waals surface area contributed by atoms with Gasteiger partial charge in [0.15, 0.2) is 0 Å². The van der Waals surface area contributed by atoms with Crippen LogP contribution in [0.2, 0.25) is 0 Å². The first-order valence-corrected chi connectivity index (χ1v) is 9.31. The average molecular weight is 355 g/mol. The second-order valence-corrected chi connectivity index (χ2v) is 7.18. The van der Waals surface area contributed by atoms with Crippen LogP contribution in [0, 0.1) is 0 Å². The van der Waals surface area contributed by atoms with Crippen LogP contribution in [0.3, 0.4) is 0 Å². The fourth-order valence-corrected chi connectivity index (χ4v) is 3.50. The summed E-state index contributed by atoms with van der Waals surface area (Å²) in [6.45, 7) is 8.10. The number of nitrogens with one attached hydrogen (secondary N) is 1. The van der Waals surface area contributed by atoms with E-state index in [0.717, 1.165) is 24.7 Å². The van der Waals surface area contributed by atoms with Crippen molar-refractivity contribution >= 4 is 17.8 Å². The van der Waals surface area contributed by atoms with Gasteiger partial charge < -0.3 is 19.7 Å². The molecule has 0 unspecified atom stereocenters. The molecular formula is C18H25N7O. The molecule has 4 heterocycles. The van der Waals surface area contributed by atoms with E-state index in [4.69, 9.17) is 4.98 Å². The van der Waals surface area contributed by atoms with Crippen molar-refractivity contribution in [2.45, 2.75) is 45.8 Å². The zero-order chi connectivity index (χ0) is 18.1. The summed E-state index contributed by atoms with van der Waals surface area (Å²) in [7, 11) is 0. The zero-order valence-corrected chi connectivity index (χ0v) is 15.4. The Kier molecular flexibility index (Phi) is 4.48. The molecule has 0 aromatic carbocycles. The highest BCUT2D eigenvalue weighted by molar-refractivity contribution is 5.46. The lowest BCUT2D eigenvalue weighted by molar-refractivity contribution is 0.541. The maximum Gasteiger partial charge on any atom is 0.250 e. The van der Waals surface area contributed by atoms with Crippen molar-refractivity contribution in [2.75, 3.05) is 34.8 Å². The average Bonchev–Trinajstić information content (AvgIpc) is 3.15. The van der Waals surface area contributed by atoms with Crippen LogP contribution in [0.15, 0.2) is 23.0 Å². The molecule has 0 aliphatic carbocycles. The third kappa shape index (κ3) is 3.36. The van der Waals surface area contributed by atoms with Crippen molar-refractivity contribution in [2.24, 2.45) is 0 Å². The largest absolute Gasteiger partial charge is 0.352 e. The molecule has 0 radical (unpaired) electrons. The Morgan fingerprint density at radius 2 is 1.69 bits per heavy atom. The van der Waals surface area contributed by atoms with Gasteiger partial charge in [-0.1, -0.05) is 6.07 Å². The van der Waals surface area contributed by atoms with E-state index in [1.807, 2.05) is 16.7 Å². The highest BCUT2D eigenvalue weighted by atomic mass is 16.1. The van der Waals surface area contributed by atoms with E-state index in [-0.39, 0.29) is 11.6 Å². The normalized spacial score (nSPS) is 16.9. The molecule has 8 heteroatoms. The molecule has 0 atom stereocenters. The molecule has 4 rings (SSSR count). The molecule has 1 saturated heterocycles. The van der Waals surface area contributed by atoms with Crippen molar-refractivity contribution in [3.8, 4) is 0 Å². The number of pyridine rings is 1. The van der Waals surface area contributed by atoms with Gasteiger partial charge in [-0.25, -0.2) is 0 Å². The lowest BCUT2D eigenvalue weighted by Crippen LogP contribution is -2.40. The van der Waals surface area contributed by atoms with Gasteiger partial charge in [0.2, 0.25) is 17.8 Å². The SMILES string of the molecule is CC(C)Nc1nc(N2CCCC2)nc(N2CCn3c(cccc3=O)C2)n1. The van der Waals surface area contributed by atoms with E-state index < -0.39 is 0 Å². The van der Waals surface area contributed by atoms with Crippen LogP contribution >= 0.6 is 0 Å². The molecule has 138 valence electrons. The van der Waals surface area contributed by atoms with Crippen LogP contribution in [-0.2, 0) is 13.1 Å². The molecule has 0 saturated carbocycles. The van der Waals surface area contributed by atoms with Gasteiger partial charge >= 0.3 is 0 Å². The number of hydrogen-bond acceptors (Lipinski definition) is 7. The molecule has 26 heavy (non-hydrogen) atoms. The van der Waals surface area contributed by atoms with Crippen molar-refractivity contribution in [3.05, 3.63) is 34.2 Å². The summed E-state index contributed by atoms with van der Waals surface area (Å²) in [4.78, 5) is 30.4. The van der Waals surface area contributed by atoms with Gasteiger partial charge in [0, 0.05) is 44.0 Å². The Morgan fingerprint density at radius 1 is 0.962 bits per heavy atom. The maximum absolute atomic E-state index is 12.0. The fraction of sp³-hybridized carbons (Fsp3) is 0.556. The maximum atomic E-state index is 12.0. The Hall–Kier alpha value is -2.64. The van der Waals surface area contributed by atoms with Gasteiger partial charge in [0.25, 0.3) is 5.56 Å². The van der Waals surface area contributed by atoms with E-state index in [2.05, 4.69) is 38.9 Å². The number of rotatable bonds is 4. The third-order valence-corrected chi connectivity index (χ3v) is 4.79. The molecule has 0 amide bonds. The first-order chi connectivity index (χ1) is 12.6. The van der Waals surface area contributed by atoms with E-state index >= 15 is 0 Å². The third-order valence-electron chi connectivity index (χ3n) is 4.79. The molecule has 0 spiro atoms. The summed E-state index contributed by atoms with van der Waals surface area (Å²) in [5.74, 6) is 2.03. The number of hydrogen-bond donors (Lipinski definition) is 1. The molecule has 2 aliphatic heterocycles. The molecular weight excluding hydrogens is 330 g/mol. The molecule has 2 aromatic rings. The number of fused-ring (bicyclic) bond motifs is 1. The van der Waals surface area contributed by atoms with Crippen molar-refractivity contribution in [3.63, 3.8) is 0 Å². The first kappa shape index (κ1) is 16.8. The van der Waals surface area contributed by atoms with Crippen LogP contribution in [0.1, 0.15) is 32.4 Å². The van der Waals surface area contributed by atoms with Gasteiger partial charge in [-0.3, -0.25) is 4.79 Å². The summed E-state index contributed by atoms with van der Waals surface area (Å²) in [5.41, 5.74) is 1.04. The Labute approximate surface area is 152 Å². The second-order valence-electron chi connectivity index (χ2n) is 7.18. The molecule has 2 aliphatic rings. The molecule has 8 nitrogen and oxygen atoms in total. The number of anilines is 3. The molecule has 1 N–H and O–H groups in total. The van der Waals surface area contributed by atoms with E-state index in [1.165, 1.54) is 12.8 Å². The Balaban J connectivity index is 1.66. The molecule has 2 aromatic heterocycles. The van der Waals surface area contributed by atoms with Crippen molar-refractivity contribution < 1.29 is 0 Å². The van der Waals surface area contributed by atoms with E-state index in [1.54, 1.807) is 6.07 Å². The van der Waals surface area contributed by atoms with E-state index in [9.17, 15) is 4.79 Å². The Bertz CT molecular complexity index is 842. The minimum atomic E-state index is 0.0534. The highest BCUT2D eigenvalue weighted by Gasteiger charge is 2.23. The standard InChI is InChI=1S/C18H25N7O/c1-13(2)19-16-20-17(23-8-3-4-9-23)22-18(21-16)24-10-11-25-14(12-24)6-5-7-15(25)26/h5-7,13H,3-4,8-12H2,1-2H3,(H,19,20,21,22). The second kappa shape index (κ2) is 6.93. The van der Waals surface area contributed by atoms with Crippen molar-refractivity contribution in [1.29, 1.82) is 0 Å². The summed E-state index contributed by atoms with van der Waals surface area (Å²) in [6, 6.07) is 5.66.